The fourth-order valence-electron chi connectivity index (χ4n) is 2.20. The fourth-order valence-corrected chi connectivity index (χ4v) is 2.20. The quantitative estimate of drug-likeness (QED) is 0.516. The van der Waals surface area contributed by atoms with Gasteiger partial charge in [-0.2, -0.15) is 8.78 Å². The highest BCUT2D eigenvalue weighted by Crippen LogP contribution is 2.30. The first-order valence-electron chi connectivity index (χ1n) is 5.67. The van der Waals surface area contributed by atoms with Crippen LogP contribution in [0.15, 0.2) is 11.1 Å². The number of nitrogens with zero attached hydrogens (tertiary/aromatic N) is 1. The molecule has 0 saturated carbocycles. The van der Waals surface area contributed by atoms with E-state index < -0.39 is 6.55 Å². The van der Waals surface area contributed by atoms with Crippen LogP contribution in [0.2, 0.25) is 0 Å². The Bertz CT molecular complexity index is 244. The summed E-state index contributed by atoms with van der Waals surface area (Å²) in [5, 5.41) is 0. The molecule has 88 valence electrons. The van der Waals surface area contributed by atoms with E-state index in [1.54, 1.807) is 0 Å². The molecule has 1 aliphatic heterocycles. The number of halogens is 2. The summed E-state index contributed by atoms with van der Waals surface area (Å²) in [5.41, 5.74) is 2.61. The molecule has 3 heteroatoms. The van der Waals surface area contributed by atoms with Crippen molar-refractivity contribution in [1.82, 2.24) is 4.90 Å². The number of alkyl halides is 2. The van der Waals surface area contributed by atoms with Crippen LogP contribution < -0.4 is 0 Å². The van der Waals surface area contributed by atoms with Gasteiger partial charge in [0.1, 0.15) is 0 Å². The van der Waals surface area contributed by atoms with E-state index in [0.717, 1.165) is 6.42 Å². The van der Waals surface area contributed by atoms with Crippen LogP contribution in [0.3, 0.4) is 0 Å². The Morgan fingerprint density at radius 2 is 1.53 bits per heavy atom. The van der Waals surface area contributed by atoms with Gasteiger partial charge in [-0.25, -0.2) is 4.90 Å². The molecule has 0 bridgehead atoms. The molecule has 0 unspecified atom stereocenters. The molecule has 0 aromatic carbocycles. The molecule has 0 radical (unpaired) electrons. The molecule has 0 N–H and O–H groups in total. The van der Waals surface area contributed by atoms with Crippen LogP contribution in [0.1, 0.15) is 34.1 Å². The molecule has 1 nitrogen and oxygen atoms in total. The molecule has 0 aromatic heterocycles. The molecule has 0 saturated heterocycles. The second kappa shape index (κ2) is 5.06. The normalized spacial score (nSPS) is 19.8. The van der Waals surface area contributed by atoms with E-state index in [2.05, 4.69) is 27.7 Å². The van der Waals surface area contributed by atoms with E-state index in [1.807, 2.05) is 0 Å². The van der Waals surface area contributed by atoms with Gasteiger partial charge in [0.25, 0.3) is 6.55 Å². The van der Waals surface area contributed by atoms with Gasteiger partial charge in [0.2, 0.25) is 0 Å². The zero-order valence-corrected chi connectivity index (χ0v) is 10.1. The fraction of sp³-hybridized carbons (Fsp3) is 0.833. The van der Waals surface area contributed by atoms with Gasteiger partial charge in [0.15, 0.2) is 0 Å². The lowest BCUT2D eigenvalue weighted by atomic mass is 9.86. The van der Waals surface area contributed by atoms with Crippen molar-refractivity contribution >= 4 is 0 Å². The van der Waals surface area contributed by atoms with Gasteiger partial charge >= 0.3 is 0 Å². The largest absolute Gasteiger partial charge is 0.295 e. The third-order valence-corrected chi connectivity index (χ3v) is 3.12. The number of hydrogen-bond donors (Lipinski definition) is 0. The Morgan fingerprint density at radius 1 is 1.00 bits per heavy atom. The minimum atomic E-state index is -2.31. The van der Waals surface area contributed by atoms with Crippen molar-refractivity contribution in [1.29, 1.82) is 0 Å². The van der Waals surface area contributed by atoms with Crippen LogP contribution >= 0.6 is 0 Å². The van der Waals surface area contributed by atoms with Gasteiger partial charge in [0, 0.05) is 13.1 Å². The Hall–Kier alpha value is -0.440. The van der Waals surface area contributed by atoms with Crippen molar-refractivity contribution in [2.24, 2.45) is 11.8 Å². The third kappa shape index (κ3) is 3.00. The van der Waals surface area contributed by atoms with Gasteiger partial charge in [-0.05, 0) is 18.3 Å². The first-order valence-corrected chi connectivity index (χ1v) is 5.67. The Morgan fingerprint density at radius 3 is 1.93 bits per heavy atom. The van der Waals surface area contributed by atoms with Gasteiger partial charge in [-0.15, -0.1) is 0 Å². The molecular formula is C12H21F2N. The molecule has 0 atom stereocenters. The number of hydrogen-bond acceptors (Lipinski definition) is 1. The second-order valence-corrected chi connectivity index (χ2v) is 4.86. The van der Waals surface area contributed by atoms with Crippen LogP contribution in [0.5, 0.6) is 0 Å². The Balaban J connectivity index is 2.86. The van der Waals surface area contributed by atoms with Crippen molar-refractivity contribution < 1.29 is 8.78 Å². The highest BCUT2D eigenvalue weighted by molar-refractivity contribution is 5.22. The van der Waals surface area contributed by atoms with Crippen molar-refractivity contribution in [2.45, 2.75) is 40.7 Å². The molecular weight excluding hydrogens is 196 g/mol. The summed E-state index contributed by atoms with van der Waals surface area (Å²) in [5.74, 6) is 0.867. The predicted octanol–water partition coefficient (Wildman–Crippen LogP) is 3.52. The van der Waals surface area contributed by atoms with Crippen molar-refractivity contribution in [3.63, 3.8) is 0 Å². The summed E-state index contributed by atoms with van der Waals surface area (Å²) in [6.07, 6.45) is 0.801. The molecule has 0 aliphatic carbocycles. The molecule has 15 heavy (non-hydrogen) atoms. The van der Waals surface area contributed by atoms with Gasteiger partial charge in [-0.1, -0.05) is 38.8 Å². The lowest BCUT2D eigenvalue weighted by Gasteiger charge is -2.33. The Kier molecular flexibility index (Phi) is 4.26. The maximum atomic E-state index is 12.6. The minimum absolute atomic E-state index is 0.379. The summed E-state index contributed by atoms with van der Waals surface area (Å²) in [7, 11) is 0. The topological polar surface area (TPSA) is 3.24 Å². The van der Waals surface area contributed by atoms with E-state index in [0.29, 0.717) is 24.9 Å². The lowest BCUT2D eigenvalue weighted by molar-refractivity contribution is -0.0252. The summed E-state index contributed by atoms with van der Waals surface area (Å²) >= 11 is 0. The van der Waals surface area contributed by atoms with Crippen LogP contribution in [0, 0.1) is 11.8 Å². The summed E-state index contributed by atoms with van der Waals surface area (Å²) in [6, 6.07) is 0. The van der Waals surface area contributed by atoms with Crippen LogP contribution in [0.4, 0.5) is 8.78 Å². The first kappa shape index (κ1) is 12.6. The predicted molar refractivity (Wildman–Crippen MR) is 58.9 cm³/mol. The molecule has 1 heterocycles. The average molecular weight is 217 g/mol. The zero-order valence-electron chi connectivity index (χ0n) is 10.1. The Labute approximate surface area is 91.1 Å². The average Bonchev–Trinajstić information content (AvgIpc) is 2.16. The smallest absolute Gasteiger partial charge is 0.243 e. The molecule has 0 aromatic rings. The minimum Gasteiger partial charge on any atom is -0.243 e. The number of rotatable bonds is 3. The maximum Gasteiger partial charge on any atom is 0.295 e. The SMILES string of the molecule is CC(C)C1=C(C(C)C)CN(C(F)F)CC1. The lowest BCUT2D eigenvalue weighted by Crippen LogP contribution is -2.37. The highest BCUT2D eigenvalue weighted by atomic mass is 19.3. The molecule has 0 fully saturated rings. The van der Waals surface area contributed by atoms with Gasteiger partial charge in [0.05, 0.1) is 0 Å². The van der Waals surface area contributed by atoms with Crippen molar-refractivity contribution in [2.75, 3.05) is 13.1 Å². The van der Waals surface area contributed by atoms with Crippen LogP contribution in [0.25, 0.3) is 0 Å². The standard InChI is InChI=1S/C12H21F2N/c1-8(2)10-5-6-15(12(13)14)7-11(10)9(3)4/h8-9,12H,5-7H2,1-4H3. The maximum absolute atomic E-state index is 12.6. The van der Waals surface area contributed by atoms with E-state index in [4.69, 9.17) is 0 Å². The van der Waals surface area contributed by atoms with E-state index in [-0.39, 0.29) is 0 Å². The summed E-state index contributed by atoms with van der Waals surface area (Å²) < 4.78 is 25.2. The van der Waals surface area contributed by atoms with Crippen molar-refractivity contribution in [3.8, 4) is 0 Å². The van der Waals surface area contributed by atoms with Gasteiger partial charge in [-0.3, -0.25) is 0 Å². The molecule has 1 rings (SSSR count). The molecule has 1 aliphatic rings. The second-order valence-electron chi connectivity index (χ2n) is 4.86. The van der Waals surface area contributed by atoms with E-state index >= 15 is 0 Å². The van der Waals surface area contributed by atoms with Gasteiger partial charge < -0.3 is 0 Å². The monoisotopic (exact) mass is 217 g/mol. The van der Waals surface area contributed by atoms with E-state index in [1.165, 1.54) is 16.0 Å². The zero-order chi connectivity index (χ0) is 11.6. The van der Waals surface area contributed by atoms with E-state index in [9.17, 15) is 8.78 Å². The highest BCUT2D eigenvalue weighted by Gasteiger charge is 2.26. The third-order valence-electron chi connectivity index (χ3n) is 3.12. The van der Waals surface area contributed by atoms with Crippen molar-refractivity contribution in [3.05, 3.63) is 11.1 Å². The van der Waals surface area contributed by atoms with Crippen LogP contribution in [-0.4, -0.2) is 24.5 Å². The first-order chi connectivity index (χ1) is 6.93. The molecule has 0 amide bonds. The molecule has 0 spiro atoms. The summed E-state index contributed by atoms with van der Waals surface area (Å²) in [4.78, 5) is 1.27. The summed E-state index contributed by atoms with van der Waals surface area (Å²) in [6.45, 7) is 7.11. The van der Waals surface area contributed by atoms with Crippen LogP contribution in [-0.2, 0) is 0 Å².